The first-order chi connectivity index (χ1) is 10.2. The third-order valence-electron chi connectivity index (χ3n) is 3.33. The Morgan fingerprint density at radius 1 is 1.24 bits per heavy atom. The van der Waals surface area contributed by atoms with E-state index in [-0.39, 0.29) is 12.1 Å². The molecule has 4 N–H and O–H groups in total. The number of anilines is 3. The molecular formula is C15H19N5O. The summed E-state index contributed by atoms with van der Waals surface area (Å²) in [5.41, 5.74) is 6.96. The number of aromatic nitrogens is 2. The third kappa shape index (κ3) is 3.16. The van der Waals surface area contributed by atoms with Gasteiger partial charge in [0.25, 0.3) is 0 Å². The van der Waals surface area contributed by atoms with Crippen LogP contribution in [0.5, 0.6) is 5.75 Å². The Morgan fingerprint density at radius 2 is 2.00 bits per heavy atom. The van der Waals surface area contributed by atoms with E-state index in [9.17, 15) is 0 Å². The van der Waals surface area contributed by atoms with E-state index in [2.05, 4.69) is 26.7 Å². The highest BCUT2D eigenvalue weighted by atomic mass is 16.5. The Balaban J connectivity index is 1.61. The summed E-state index contributed by atoms with van der Waals surface area (Å²) in [5, 5.41) is 6.39. The summed E-state index contributed by atoms with van der Waals surface area (Å²) in [6, 6.07) is 9.97. The Kier molecular flexibility index (Phi) is 3.77. The lowest BCUT2D eigenvalue weighted by Gasteiger charge is -2.13. The number of benzene rings is 1. The first kappa shape index (κ1) is 13.5. The Morgan fingerprint density at radius 3 is 2.76 bits per heavy atom. The standard InChI is InChI=1S/C15H19N5O/c1-2-17-13-8-14(20-15(16)19-13)18-9-11-7-10-5-3-4-6-12(10)21-11/h3-6,8,11H,2,7,9H2,1H3,(H4,16,17,18,19,20). The van der Waals surface area contributed by atoms with Crippen LogP contribution in [-0.2, 0) is 6.42 Å². The minimum atomic E-state index is 0.112. The fourth-order valence-corrected chi connectivity index (χ4v) is 2.41. The first-order valence-electron chi connectivity index (χ1n) is 7.11. The molecule has 0 saturated carbocycles. The molecule has 0 amide bonds. The molecule has 3 rings (SSSR count). The van der Waals surface area contributed by atoms with Crippen molar-refractivity contribution >= 4 is 17.6 Å². The molecule has 21 heavy (non-hydrogen) atoms. The smallest absolute Gasteiger partial charge is 0.223 e. The summed E-state index contributed by atoms with van der Waals surface area (Å²) in [4.78, 5) is 8.31. The second-order valence-corrected chi connectivity index (χ2v) is 4.96. The number of hydrogen-bond acceptors (Lipinski definition) is 6. The number of rotatable bonds is 5. The zero-order valence-electron chi connectivity index (χ0n) is 12.0. The molecule has 110 valence electrons. The number of nitrogens with one attached hydrogen (secondary N) is 2. The molecule has 1 aliphatic heterocycles. The molecule has 0 bridgehead atoms. The summed E-state index contributed by atoms with van der Waals surface area (Å²) in [6.45, 7) is 3.47. The van der Waals surface area contributed by atoms with Crippen LogP contribution < -0.4 is 21.1 Å². The molecule has 0 radical (unpaired) electrons. The third-order valence-corrected chi connectivity index (χ3v) is 3.33. The van der Waals surface area contributed by atoms with E-state index in [4.69, 9.17) is 10.5 Å². The van der Waals surface area contributed by atoms with Crippen LogP contribution in [-0.4, -0.2) is 29.2 Å². The van der Waals surface area contributed by atoms with Gasteiger partial charge in [-0.25, -0.2) is 0 Å². The van der Waals surface area contributed by atoms with Crippen molar-refractivity contribution in [3.8, 4) is 5.75 Å². The maximum atomic E-state index is 5.88. The molecule has 1 aromatic carbocycles. The minimum Gasteiger partial charge on any atom is -0.488 e. The maximum absolute atomic E-state index is 5.88. The number of para-hydroxylation sites is 1. The lowest BCUT2D eigenvalue weighted by atomic mass is 10.1. The highest BCUT2D eigenvalue weighted by molar-refractivity contribution is 5.51. The molecule has 0 aliphatic carbocycles. The van der Waals surface area contributed by atoms with Gasteiger partial charge in [0.15, 0.2) is 0 Å². The highest BCUT2D eigenvalue weighted by Crippen LogP contribution is 2.28. The van der Waals surface area contributed by atoms with Crippen molar-refractivity contribution in [2.75, 3.05) is 29.5 Å². The first-order valence-corrected chi connectivity index (χ1v) is 7.11. The topological polar surface area (TPSA) is 85.1 Å². The molecule has 0 fully saturated rings. The van der Waals surface area contributed by atoms with Gasteiger partial charge in [0.1, 0.15) is 23.5 Å². The van der Waals surface area contributed by atoms with Crippen molar-refractivity contribution in [2.24, 2.45) is 0 Å². The van der Waals surface area contributed by atoms with E-state index in [0.29, 0.717) is 12.4 Å². The second kappa shape index (κ2) is 5.87. The number of hydrogen-bond donors (Lipinski definition) is 3. The fraction of sp³-hybridized carbons (Fsp3) is 0.333. The van der Waals surface area contributed by atoms with Gasteiger partial charge in [0.2, 0.25) is 5.95 Å². The number of nitrogens with two attached hydrogens (primary N) is 1. The van der Waals surface area contributed by atoms with Gasteiger partial charge in [-0.05, 0) is 18.6 Å². The second-order valence-electron chi connectivity index (χ2n) is 4.96. The molecule has 1 aromatic heterocycles. The average molecular weight is 285 g/mol. The number of ether oxygens (including phenoxy) is 1. The van der Waals surface area contributed by atoms with E-state index >= 15 is 0 Å². The summed E-state index contributed by atoms with van der Waals surface area (Å²) in [7, 11) is 0. The van der Waals surface area contributed by atoms with Gasteiger partial charge in [-0.15, -0.1) is 0 Å². The van der Waals surface area contributed by atoms with Gasteiger partial charge in [0.05, 0.1) is 6.54 Å². The zero-order valence-corrected chi connectivity index (χ0v) is 12.0. The lowest BCUT2D eigenvalue weighted by Crippen LogP contribution is -2.24. The molecule has 1 aliphatic rings. The van der Waals surface area contributed by atoms with E-state index in [1.807, 2.05) is 31.2 Å². The summed E-state index contributed by atoms with van der Waals surface area (Å²) in [6.07, 6.45) is 1.02. The predicted molar refractivity (Wildman–Crippen MR) is 83.7 cm³/mol. The Bertz CT molecular complexity index is 606. The number of fused-ring (bicyclic) bond motifs is 1. The van der Waals surface area contributed by atoms with Crippen LogP contribution in [0.4, 0.5) is 17.6 Å². The quantitative estimate of drug-likeness (QED) is 0.778. The Labute approximate surface area is 123 Å². The van der Waals surface area contributed by atoms with E-state index < -0.39 is 0 Å². The van der Waals surface area contributed by atoms with Crippen molar-refractivity contribution in [1.82, 2.24) is 9.97 Å². The van der Waals surface area contributed by atoms with Gasteiger partial charge < -0.3 is 21.1 Å². The van der Waals surface area contributed by atoms with Crippen LogP contribution in [0.3, 0.4) is 0 Å². The van der Waals surface area contributed by atoms with Crippen molar-refractivity contribution in [3.05, 3.63) is 35.9 Å². The van der Waals surface area contributed by atoms with Gasteiger partial charge >= 0.3 is 0 Å². The molecule has 0 saturated heterocycles. The predicted octanol–water partition coefficient (Wildman–Crippen LogP) is 1.91. The van der Waals surface area contributed by atoms with Crippen LogP contribution in [0.15, 0.2) is 30.3 Å². The Hall–Kier alpha value is -2.50. The largest absolute Gasteiger partial charge is 0.488 e. The van der Waals surface area contributed by atoms with Gasteiger partial charge in [-0.1, -0.05) is 18.2 Å². The average Bonchev–Trinajstić information content (AvgIpc) is 2.88. The van der Waals surface area contributed by atoms with Crippen molar-refractivity contribution < 1.29 is 4.74 Å². The number of nitrogens with zero attached hydrogens (tertiary/aromatic N) is 2. The van der Waals surface area contributed by atoms with Crippen molar-refractivity contribution in [2.45, 2.75) is 19.4 Å². The molecule has 1 atom stereocenters. The number of nitrogen functional groups attached to an aromatic ring is 1. The monoisotopic (exact) mass is 285 g/mol. The summed E-state index contributed by atoms with van der Waals surface area (Å²) >= 11 is 0. The maximum Gasteiger partial charge on any atom is 0.223 e. The van der Waals surface area contributed by atoms with Crippen LogP contribution in [0, 0.1) is 0 Å². The SMILES string of the molecule is CCNc1cc(NCC2Cc3ccccc3O2)nc(N)n1. The van der Waals surface area contributed by atoms with E-state index in [1.54, 1.807) is 0 Å². The van der Waals surface area contributed by atoms with E-state index in [0.717, 1.165) is 24.5 Å². The van der Waals surface area contributed by atoms with Crippen molar-refractivity contribution in [3.63, 3.8) is 0 Å². The molecule has 2 aromatic rings. The minimum absolute atomic E-state index is 0.112. The van der Waals surface area contributed by atoms with Crippen molar-refractivity contribution in [1.29, 1.82) is 0 Å². The molecular weight excluding hydrogens is 266 g/mol. The lowest BCUT2D eigenvalue weighted by molar-refractivity contribution is 0.246. The molecule has 1 unspecified atom stereocenters. The fourth-order valence-electron chi connectivity index (χ4n) is 2.41. The molecule has 6 nitrogen and oxygen atoms in total. The summed E-state index contributed by atoms with van der Waals surface area (Å²) < 4.78 is 5.88. The van der Waals surface area contributed by atoms with Gasteiger partial charge in [0, 0.05) is 19.0 Å². The zero-order chi connectivity index (χ0) is 14.7. The van der Waals surface area contributed by atoms with Crippen LogP contribution in [0.2, 0.25) is 0 Å². The highest BCUT2D eigenvalue weighted by Gasteiger charge is 2.22. The van der Waals surface area contributed by atoms with Crippen LogP contribution in [0.25, 0.3) is 0 Å². The van der Waals surface area contributed by atoms with Gasteiger partial charge in [-0.3, -0.25) is 0 Å². The normalized spacial score (nSPS) is 16.1. The molecule has 2 heterocycles. The molecule has 0 spiro atoms. The van der Waals surface area contributed by atoms with Crippen LogP contribution in [0.1, 0.15) is 12.5 Å². The van der Waals surface area contributed by atoms with Gasteiger partial charge in [-0.2, -0.15) is 9.97 Å². The van der Waals surface area contributed by atoms with Crippen LogP contribution >= 0.6 is 0 Å². The molecule has 6 heteroatoms. The van der Waals surface area contributed by atoms with E-state index in [1.165, 1.54) is 5.56 Å². The summed E-state index contributed by atoms with van der Waals surface area (Å²) in [5.74, 6) is 2.66.